The Morgan fingerprint density at radius 3 is 2.70 bits per heavy atom. The number of carbonyl (C=O) groups excluding carboxylic acids is 1. The van der Waals surface area contributed by atoms with Gasteiger partial charge in [0.25, 0.3) is 0 Å². The summed E-state index contributed by atoms with van der Waals surface area (Å²) in [4.78, 5) is 14.5. The lowest BCUT2D eigenvalue weighted by atomic mass is 9.85. The van der Waals surface area contributed by atoms with Crippen LogP contribution in [0.3, 0.4) is 0 Å². The molecule has 0 bridgehead atoms. The van der Waals surface area contributed by atoms with Crippen LogP contribution in [0, 0.1) is 5.92 Å². The van der Waals surface area contributed by atoms with Crippen LogP contribution in [-0.2, 0) is 9.53 Å². The van der Waals surface area contributed by atoms with Crippen LogP contribution < -0.4 is 5.32 Å². The van der Waals surface area contributed by atoms with Crippen molar-refractivity contribution in [2.75, 3.05) is 26.3 Å². The molecule has 0 aromatic heterocycles. The number of likely N-dealkylation sites (N-methyl/N-ethyl adjacent to an activating group) is 1. The molecule has 0 aromatic rings. The van der Waals surface area contributed by atoms with Crippen molar-refractivity contribution >= 4 is 18.3 Å². The molecular weight excluding hydrogens is 276 g/mol. The lowest BCUT2D eigenvalue weighted by Gasteiger charge is -2.25. The van der Waals surface area contributed by atoms with E-state index in [0.717, 1.165) is 32.0 Å². The van der Waals surface area contributed by atoms with Crippen molar-refractivity contribution in [3.63, 3.8) is 0 Å². The Hall–Kier alpha value is -0.320. The first-order valence-corrected chi connectivity index (χ1v) is 7.88. The van der Waals surface area contributed by atoms with Gasteiger partial charge < -0.3 is 15.0 Å². The molecule has 2 fully saturated rings. The number of carbonyl (C=O) groups is 1. The highest BCUT2D eigenvalue weighted by Gasteiger charge is 2.39. The minimum Gasteiger partial charge on any atom is -0.380 e. The molecule has 2 rings (SSSR count). The van der Waals surface area contributed by atoms with Gasteiger partial charge in [-0.2, -0.15) is 0 Å². The summed E-state index contributed by atoms with van der Waals surface area (Å²) in [5.74, 6) is 1.00. The maximum absolute atomic E-state index is 12.5. The molecule has 1 saturated carbocycles. The van der Waals surface area contributed by atoms with Gasteiger partial charge >= 0.3 is 0 Å². The monoisotopic (exact) mass is 304 g/mol. The van der Waals surface area contributed by atoms with Crippen LogP contribution in [0.1, 0.15) is 46.0 Å². The number of hydrogen-bond donors (Lipinski definition) is 1. The van der Waals surface area contributed by atoms with Crippen molar-refractivity contribution in [1.29, 1.82) is 0 Å². The van der Waals surface area contributed by atoms with E-state index >= 15 is 0 Å². The lowest BCUT2D eigenvalue weighted by Crippen LogP contribution is -2.46. The number of hydrogen-bond acceptors (Lipinski definition) is 3. The zero-order chi connectivity index (χ0) is 13.7. The Bertz CT molecular complexity index is 288. The van der Waals surface area contributed by atoms with Crippen LogP contribution in [-0.4, -0.2) is 49.2 Å². The molecule has 3 unspecified atom stereocenters. The average Bonchev–Trinajstić information content (AvgIpc) is 2.87. The van der Waals surface area contributed by atoms with E-state index in [1.54, 1.807) is 0 Å². The molecule has 1 aliphatic carbocycles. The Morgan fingerprint density at radius 2 is 2.05 bits per heavy atom. The number of rotatable bonds is 6. The summed E-state index contributed by atoms with van der Waals surface area (Å²) in [6.45, 7) is 6.90. The first kappa shape index (κ1) is 17.7. The van der Waals surface area contributed by atoms with Crippen LogP contribution in [0.5, 0.6) is 0 Å². The van der Waals surface area contributed by atoms with Gasteiger partial charge in [0, 0.05) is 25.7 Å². The number of fused-ring (bicyclic) bond motifs is 1. The Kier molecular flexibility index (Phi) is 7.85. The van der Waals surface area contributed by atoms with E-state index in [0.29, 0.717) is 12.6 Å². The summed E-state index contributed by atoms with van der Waals surface area (Å²) < 4.78 is 5.36. The Labute approximate surface area is 129 Å². The van der Waals surface area contributed by atoms with Crippen molar-refractivity contribution in [1.82, 2.24) is 10.2 Å². The molecular formula is C15H29ClN2O2. The minimum atomic E-state index is 0. The van der Waals surface area contributed by atoms with Crippen LogP contribution in [0.15, 0.2) is 0 Å². The lowest BCUT2D eigenvalue weighted by molar-refractivity contribution is -0.133. The molecule has 1 saturated heterocycles. The standard InChI is InChI=1S/C15H28N2O2.ClH/c1-3-17(9-10-19-4-2)15(18)14-11-12-7-5-6-8-13(12)16-14;/h12-14,16H,3-11H2,1-2H3;1H. The van der Waals surface area contributed by atoms with E-state index in [9.17, 15) is 4.79 Å². The van der Waals surface area contributed by atoms with Gasteiger partial charge in [-0.05, 0) is 39.0 Å². The normalized spacial score (nSPS) is 28.6. The molecule has 4 nitrogen and oxygen atoms in total. The zero-order valence-corrected chi connectivity index (χ0v) is 13.6. The summed E-state index contributed by atoms with van der Waals surface area (Å²) in [7, 11) is 0. The molecule has 1 amide bonds. The Balaban J connectivity index is 0.00000200. The van der Waals surface area contributed by atoms with Gasteiger partial charge in [-0.15, -0.1) is 12.4 Å². The fraction of sp³-hybridized carbons (Fsp3) is 0.933. The second-order valence-electron chi connectivity index (χ2n) is 5.72. The van der Waals surface area contributed by atoms with Gasteiger partial charge in [-0.3, -0.25) is 4.79 Å². The van der Waals surface area contributed by atoms with Crippen molar-refractivity contribution < 1.29 is 9.53 Å². The molecule has 3 atom stereocenters. The number of amides is 1. The largest absolute Gasteiger partial charge is 0.380 e. The summed E-state index contributed by atoms with van der Waals surface area (Å²) in [6, 6.07) is 0.642. The number of ether oxygens (including phenoxy) is 1. The highest BCUT2D eigenvalue weighted by Crippen LogP contribution is 2.33. The van der Waals surface area contributed by atoms with Crippen LogP contribution in [0.25, 0.3) is 0 Å². The first-order valence-electron chi connectivity index (χ1n) is 7.88. The van der Waals surface area contributed by atoms with Crippen LogP contribution >= 0.6 is 12.4 Å². The average molecular weight is 305 g/mol. The van der Waals surface area contributed by atoms with E-state index < -0.39 is 0 Å². The van der Waals surface area contributed by atoms with Gasteiger partial charge in [0.2, 0.25) is 5.91 Å². The molecule has 1 N–H and O–H groups in total. The van der Waals surface area contributed by atoms with Gasteiger partial charge in [0.15, 0.2) is 0 Å². The summed E-state index contributed by atoms with van der Waals surface area (Å²) in [5.41, 5.74) is 0. The second kappa shape index (κ2) is 8.85. The third-order valence-electron chi connectivity index (χ3n) is 4.56. The highest BCUT2D eigenvalue weighted by atomic mass is 35.5. The number of nitrogens with zero attached hydrogens (tertiary/aromatic N) is 1. The molecule has 2 aliphatic rings. The fourth-order valence-corrected chi connectivity index (χ4v) is 3.47. The molecule has 1 heterocycles. The molecule has 20 heavy (non-hydrogen) atoms. The summed E-state index contributed by atoms with van der Waals surface area (Å²) in [6.07, 6.45) is 6.24. The van der Waals surface area contributed by atoms with Crippen LogP contribution in [0.2, 0.25) is 0 Å². The second-order valence-corrected chi connectivity index (χ2v) is 5.72. The van der Waals surface area contributed by atoms with Gasteiger partial charge in [-0.1, -0.05) is 12.8 Å². The fourth-order valence-electron chi connectivity index (χ4n) is 3.47. The van der Waals surface area contributed by atoms with Gasteiger partial charge in [0.05, 0.1) is 12.6 Å². The first-order chi connectivity index (χ1) is 9.26. The number of halogens is 1. The smallest absolute Gasteiger partial charge is 0.239 e. The maximum atomic E-state index is 12.5. The van der Waals surface area contributed by atoms with Crippen molar-refractivity contribution in [3.05, 3.63) is 0 Å². The summed E-state index contributed by atoms with van der Waals surface area (Å²) >= 11 is 0. The highest BCUT2D eigenvalue weighted by molar-refractivity contribution is 5.85. The topological polar surface area (TPSA) is 41.6 Å². The van der Waals surface area contributed by atoms with Crippen molar-refractivity contribution in [2.45, 2.75) is 58.0 Å². The van der Waals surface area contributed by atoms with E-state index in [-0.39, 0.29) is 24.4 Å². The molecule has 0 spiro atoms. The van der Waals surface area contributed by atoms with Gasteiger partial charge in [0.1, 0.15) is 0 Å². The quantitative estimate of drug-likeness (QED) is 0.765. The SMILES string of the molecule is CCOCCN(CC)C(=O)C1CC2CCCCC2N1.Cl. The van der Waals surface area contributed by atoms with Crippen molar-refractivity contribution in [3.8, 4) is 0 Å². The predicted octanol–water partition coefficient (Wildman–Crippen LogP) is 2.21. The van der Waals surface area contributed by atoms with Crippen LogP contribution in [0.4, 0.5) is 0 Å². The third kappa shape index (κ3) is 4.34. The number of nitrogens with one attached hydrogen (secondary N) is 1. The third-order valence-corrected chi connectivity index (χ3v) is 4.56. The molecule has 5 heteroatoms. The van der Waals surface area contributed by atoms with Crippen molar-refractivity contribution in [2.24, 2.45) is 5.92 Å². The van der Waals surface area contributed by atoms with E-state index in [1.807, 2.05) is 18.7 Å². The molecule has 0 aromatic carbocycles. The Morgan fingerprint density at radius 1 is 1.30 bits per heavy atom. The van der Waals surface area contributed by atoms with E-state index in [2.05, 4.69) is 5.32 Å². The summed E-state index contributed by atoms with van der Waals surface area (Å²) in [5, 5.41) is 3.57. The molecule has 1 aliphatic heterocycles. The predicted molar refractivity (Wildman–Crippen MR) is 83.3 cm³/mol. The zero-order valence-electron chi connectivity index (χ0n) is 12.8. The minimum absolute atomic E-state index is 0. The van der Waals surface area contributed by atoms with E-state index in [1.165, 1.54) is 25.7 Å². The van der Waals surface area contributed by atoms with E-state index in [4.69, 9.17) is 4.74 Å². The molecule has 118 valence electrons. The van der Waals surface area contributed by atoms with Gasteiger partial charge in [-0.25, -0.2) is 0 Å². The maximum Gasteiger partial charge on any atom is 0.239 e. The molecule has 0 radical (unpaired) electrons.